The number of carboxylic acid groups (broad SMARTS) is 1. The third kappa shape index (κ3) is 3.47. The number of fused-ring (bicyclic) bond motifs is 4. The Morgan fingerprint density at radius 1 is 1.02 bits per heavy atom. The molecule has 212 valence electrons. The van der Waals surface area contributed by atoms with Gasteiger partial charge in [0.05, 0.1) is 30.2 Å². The van der Waals surface area contributed by atoms with Crippen LogP contribution in [0.15, 0.2) is 54.1 Å². The summed E-state index contributed by atoms with van der Waals surface area (Å²) < 4.78 is 5.20. The van der Waals surface area contributed by atoms with Gasteiger partial charge in [-0.2, -0.15) is 0 Å². The molecule has 1 saturated carbocycles. The van der Waals surface area contributed by atoms with Gasteiger partial charge in [0.25, 0.3) is 11.8 Å². The summed E-state index contributed by atoms with van der Waals surface area (Å²) >= 11 is 14.2. The number of carbonyl (C=O) groups excluding carboxylic acids is 4. The van der Waals surface area contributed by atoms with Crippen LogP contribution in [0.3, 0.4) is 0 Å². The zero-order valence-corrected chi connectivity index (χ0v) is 23.3. The summed E-state index contributed by atoms with van der Waals surface area (Å²) in [6, 6.07) is 10.0. The van der Waals surface area contributed by atoms with E-state index in [-0.39, 0.29) is 35.4 Å². The van der Waals surface area contributed by atoms with Gasteiger partial charge in [0.1, 0.15) is 11.5 Å². The lowest BCUT2D eigenvalue weighted by Crippen LogP contribution is -2.60. The van der Waals surface area contributed by atoms with E-state index >= 15 is 0 Å². The molecule has 12 heteroatoms. The number of carboxylic acids is 1. The van der Waals surface area contributed by atoms with Crippen molar-refractivity contribution in [1.82, 2.24) is 4.90 Å². The van der Waals surface area contributed by atoms with Crippen molar-refractivity contribution in [3.63, 3.8) is 0 Å². The largest absolute Gasteiger partial charge is 0.508 e. The summed E-state index contributed by atoms with van der Waals surface area (Å²) in [5, 5.41) is 20.5. The molecule has 10 nitrogen and oxygen atoms in total. The Labute approximate surface area is 244 Å². The van der Waals surface area contributed by atoms with Gasteiger partial charge in [-0.3, -0.25) is 29.0 Å². The first-order chi connectivity index (χ1) is 19.4. The Morgan fingerprint density at radius 2 is 1.76 bits per heavy atom. The minimum atomic E-state index is -2.03. The summed E-state index contributed by atoms with van der Waals surface area (Å²) in [5.74, 6) is -7.29. The number of likely N-dealkylation sites (tertiary alicyclic amines) is 1. The molecule has 0 unspecified atom stereocenters. The van der Waals surface area contributed by atoms with E-state index in [2.05, 4.69) is 0 Å². The SMILES string of the molecule is COc1ccc([C@H]2C3=CC[C@@H]4C(=O)N(c5cccc(C(=O)O)c5)C(=O)[C@@H]4[C@@H]3C[C@@]3(Cl)C(=O)N(C)C(=O)[C@@]23Cl)c(O)c1. The summed E-state index contributed by atoms with van der Waals surface area (Å²) in [7, 11) is 2.71. The average Bonchev–Trinajstić information content (AvgIpc) is 3.28. The second kappa shape index (κ2) is 9.06. The van der Waals surface area contributed by atoms with E-state index < -0.39 is 63.0 Å². The van der Waals surface area contributed by atoms with E-state index in [4.69, 9.17) is 27.9 Å². The van der Waals surface area contributed by atoms with Gasteiger partial charge in [-0.15, -0.1) is 23.2 Å². The van der Waals surface area contributed by atoms with Crippen LogP contribution in [0.25, 0.3) is 0 Å². The smallest absolute Gasteiger partial charge is 0.335 e. The van der Waals surface area contributed by atoms with E-state index in [1.54, 1.807) is 12.1 Å². The van der Waals surface area contributed by atoms with Crippen molar-refractivity contribution in [2.24, 2.45) is 17.8 Å². The zero-order valence-electron chi connectivity index (χ0n) is 21.8. The number of aromatic carboxylic acids is 1. The highest BCUT2D eigenvalue weighted by molar-refractivity contribution is 6.53. The van der Waals surface area contributed by atoms with Crippen LogP contribution in [0.4, 0.5) is 5.69 Å². The Morgan fingerprint density at radius 3 is 2.41 bits per heavy atom. The molecule has 4 amide bonds. The molecule has 2 aliphatic heterocycles. The molecule has 2 aliphatic carbocycles. The van der Waals surface area contributed by atoms with Crippen molar-refractivity contribution < 1.29 is 38.9 Å². The number of imide groups is 2. The number of halogens is 2. The normalized spacial score (nSPS) is 32.4. The van der Waals surface area contributed by atoms with Crippen LogP contribution in [-0.2, 0) is 19.2 Å². The molecule has 0 spiro atoms. The predicted octanol–water partition coefficient (Wildman–Crippen LogP) is 3.29. The fraction of sp³-hybridized carbons (Fsp3) is 0.345. The van der Waals surface area contributed by atoms with Crippen LogP contribution in [0.2, 0.25) is 0 Å². The third-order valence-electron chi connectivity index (χ3n) is 8.91. The highest BCUT2D eigenvalue weighted by Crippen LogP contribution is 2.66. The second-order valence-corrected chi connectivity index (χ2v) is 12.0. The first-order valence-corrected chi connectivity index (χ1v) is 13.6. The summed E-state index contributed by atoms with van der Waals surface area (Å²) in [6.45, 7) is 0. The third-order valence-corrected chi connectivity index (χ3v) is 10.3. The Hall–Kier alpha value is -3.89. The van der Waals surface area contributed by atoms with Crippen molar-refractivity contribution in [2.75, 3.05) is 19.1 Å². The van der Waals surface area contributed by atoms with Gasteiger partial charge in [-0.05, 0) is 43.0 Å². The maximum absolute atomic E-state index is 14.0. The first-order valence-electron chi connectivity index (χ1n) is 12.8. The maximum Gasteiger partial charge on any atom is 0.335 e. The lowest BCUT2D eigenvalue weighted by molar-refractivity contribution is -0.138. The Balaban J connectivity index is 1.51. The predicted molar refractivity (Wildman–Crippen MR) is 146 cm³/mol. The number of hydrogen-bond acceptors (Lipinski definition) is 7. The first kappa shape index (κ1) is 27.3. The molecule has 6 atom stereocenters. The van der Waals surface area contributed by atoms with Crippen LogP contribution >= 0.6 is 23.2 Å². The number of phenols is 1. The number of amides is 4. The van der Waals surface area contributed by atoms with Crippen molar-refractivity contribution in [2.45, 2.75) is 28.5 Å². The minimum absolute atomic E-state index is 0.0887. The molecule has 2 heterocycles. The number of anilines is 1. The number of aromatic hydroxyl groups is 1. The molecule has 2 saturated heterocycles. The number of phenolic OH excluding ortho intramolecular Hbond substituents is 1. The van der Waals surface area contributed by atoms with E-state index in [0.29, 0.717) is 11.3 Å². The molecule has 6 rings (SSSR count). The van der Waals surface area contributed by atoms with E-state index in [9.17, 15) is 34.2 Å². The fourth-order valence-corrected chi connectivity index (χ4v) is 8.03. The van der Waals surface area contributed by atoms with Crippen molar-refractivity contribution >= 4 is 58.5 Å². The number of nitrogens with zero attached hydrogens (tertiary/aromatic N) is 2. The number of hydrogen-bond donors (Lipinski definition) is 2. The number of rotatable bonds is 4. The molecule has 41 heavy (non-hydrogen) atoms. The molecule has 3 fully saturated rings. The number of benzene rings is 2. The van der Waals surface area contributed by atoms with Gasteiger partial charge in [0, 0.05) is 24.6 Å². The van der Waals surface area contributed by atoms with Crippen molar-refractivity contribution in [3.8, 4) is 11.5 Å². The molecule has 2 aromatic rings. The minimum Gasteiger partial charge on any atom is -0.508 e. The van der Waals surface area contributed by atoms with Crippen LogP contribution < -0.4 is 9.64 Å². The number of carbonyl (C=O) groups is 5. The molecule has 0 radical (unpaired) electrons. The highest BCUT2D eigenvalue weighted by atomic mass is 35.5. The van der Waals surface area contributed by atoms with Gasteiger partial charge in [0.15, 0.2) is 9.75 Å². The monoisotopic (exact) mass is 598 g/mol. The van der Waals surface area contributed by atoms with Crippen LogP contribution in [-0.4, -0.2) is 68.6 Å². The molecule has 2 aromatic carbocycles. The maximum atomic E-state index is 14.0. The molecule has 0 bridgehead atoms. The molecular formula is C29H24Cl2N2O8. The quantitative estimate of drug-likeness (QED) is 0.310. The van der Waals surface area contributed by atoms with Crippen LogP contribution in [0.5, 0.6) is 11.5 Å². The summed E-state index contributed by atoms with van der Waals surface area (Å²) in [4.78, 5) is 64.1. The fourth-order valence-electron chi connectivity index (χ4n) is 7.02. The van der Waals surface area contributed by atoms with Gasteiger partial charge in [-0.1, -0.05) is 23.8 Å². The zero-order chi connectivity index (χ0) is 29.6. The van der Waals surface area contributed by atoms with E-state index in [1.807, 2.05) is 0 Å². The molecular weight excluding hydrogens is 575 g/mol. The summed E-state index contributed by atoms with van der Waals surface area (Å²) in [6.07, 6.45) is 1.68. The van der Waals surface area contributed by atoms with E-state index in [1.165, 1.54) is 50.6 Å². The van der Waals surface area contributed by atoms with Crippen LogP contribution in [0, 0.1) is 17.8 Å². The lowest BCUT2D eigenvalue weighted by Gasteiger charge is -2.50. The lowest BCUT2D eigenvalue weighted by atomic mass is 9.56. The van der Waals surface area contributed by atoms with Gasteiger partial charge in [0.2, 0.25) is 11.8 Å². The number of ether oxygens (including phenoxy) is 1. The van der Waals surface area contributed by atoms with Crippen molar-refractivity contribution in [3.05, 3.63) is 65.2 Å². The van der Waals surface area contributed by atoms with Crippen molar-refractivity contribution in [1.29, 1.82) is 0 Å². The Kier molecular flexibility index (Phi) is 6.03. The second-order valence-electron chi connectivity index (χ2n) is 10.8. The van der Waals surface area contributed by atoms with Gasteiger partial charge in [-0.25, -0.2) is 4.79 Å². The number of methoxy groups -OCH3 is 1. The summed E-state index contributed by atoms with van der Waals surface area (Å²) in [5.41, 5.74) is 0.778. The Bertz CT molecular complexity index is 1610. The topological polar surface area (TPSA) is 142 Å². The number of allylic oxidation sites excluding steroid dienone is 2. The average molecular weight is 599 g/mol. The molecule has 0 aromatic heterocycles. The highest BCUT2D eigenvalue weighted by Gasteiger charge is 2.76. The van der Waals surface area contributed by atoms with Gasteiger partial charge >= 0.3 is 5.97 Å². The van der Waals surface area contributed by atoms with Crippen LogP contribution in [0.1, 0.15) is 34.7 Å². The van der Waals surface area contributed by atoms with E-state index in [0.717, 1.165) is 9.80 Å². The number of alkyl halides is 2. The molecule has 2 N–H and O–H groups in total. The standard InChI is InChI=1S/C29H24Cl2N2O8/c1-32-26(39)28(30)12-19-16(22(29(28,31)27(32)40)17-7-6-15(41-2)11-20(17)34)8-9-18-21(19)24(36)33(23(18)35)14-5-3-4-13(10-14)25(37)38/h3-8,10-11,18-19,21-22,34H,9,12H2,1-2H3,(H,37,38)/t18-,19+,21-,22+,28+,29-/m0/s1. The molecule has 4 aliphatic rings. The van der Waals surface area contributed by atoms with Gasteiger partial charge < -0.3 is 14.9 Å².